The van der Waals surface area contributed by atoms with Gasteiger partial charge in [-0.3, -0.25) is 0 Å². The van der Waals surface area contributed by atoms with E-state index >= 15 is 0 Å². The third-order valence-electron chi connectivity index (χ3n) is 10.8. The van der Waals surface area contributed by atoms with Crippen molar-refractivity contribution in [3.63, 3.8) is 0 Å². The Morgan fingerprint density at radius 1 is 0.277 bits per heavy atom. The molecule has 2 aliphatic rings. The normalized spacial score (nSPS) is 16.7. The van der Waals surface area contributed by atoms with Crippen LogP contribution >= 0.6 is 0 Å². The quantitative estimate of drug-likeness (QED) is 0.188. The van der Waals surface area contributed by atoms with Crippen LogP contribution in [0, 0.1) is 20.8 Å². The van der Waals surface area contributed by atoms with Crippen LogP contribution in [0.1, 0.15) is 61.2 Å². The van der Waals surface area contributed by atoms with Crippen molar-refractivity contribution in [2.75, 3.05) is 0 Å². The third-order valence-corrected chi connectivity index (χ3v) is 10.8. The first kappa shape index (κ1) is 27.8. The Balaban J connectivity index is 1.47. The first-order chi connectivity index (χ1) is 23.0. The molecular formula is C47H36. The number of rotatable bonds is 4. The molecule has 0 heterocycles. The fourth-order valence-corrected chi connectivity index (χ4v) is 8.81. The number of hydrogen-bond donors (Lipinski definition) is 0. The van der Waals surface area contributed by atoms with Crippen molar-refractivity contribution in [3.8, 4) is 22.3 Å². The fraction of sp³-hybridized carbons (Fsp3) is 0.106. The largest absolute Gasteiger partial charge is 0.0713 e. The summed E-state index contributed by atoms with van der Waals surface area (Å²) in [5, 5.41) is 0. The summed E-state index contributed by atoms with van der Waals surface area (Å²) in [6.45, 7) is 6.63. The second-order valence-corrected chi connectivity index (χ2v) is 13.5. The number of fused-ring (bicyclic) bond motifs is 6. The molecule has 2 aliphatic carbocycles. The fourth-order valence-electron chi connectivity index (χ4n) is 8.81. The molecule has 0 aromatic heterocycles. The van der Waals surface area contributed by atoms with E-state index in [4.69, 9.17) is 0 Å². The molecule has 7 aromatic rings. The van der Waals surface area contributed by atoms with Gasteiger partial charge < -0.3 is 0 Å². The lowest BCUT2D eigenvalue weighted by Crippen LogP contribution is -2.30. The van der Waals surface area contributed by atoms with Crippen molar-refractivity contribution in [1.29, 1.82) is 0 Å². The van der Waals surface area contributed by atoms with Crippen molar-refractivity contribution >= 4 is 0 Å². The Hall–Kier alpha value is -5.46. The Morgan fingerprint density at radius 2 is 0.596 bits per heavy atom. The van der Waals surface area contributed by atoms with Gasteiger partial charge in [0.15, 0.2) is 0 Å². The van der Waals surface area contributed by atoms with Gasteiger partial charge in [0, 0.05) is 0 Å². The summed E-state index contributed by atoms with van der Waals surface area (Å²) in [5.41, 5.74) is 18.9. The zero-order chi connectivity index (χ0) is 31.8. The van der Waals surface area contributed by atoms with Crippen LogP contribution in [0.25, 0.3) is 22.3 Å². The van der Waals surface area contributed by atoms with Gasteiger partial charge in [0.05, 0.1) is 10.8 Å². The molecule has 0 fully saturated rings. The SMILES string of the molecule is Cc1ccc(C2(c3ccccc3)c3cc(C)ccc3-c3cc4c(cc32)-c2ccc(C)cc2C4(c2ccccc2)c2ccccc2)cc1. The van der Waals surface area contributed by atoms with Crippen molar-refractivity contribution in [2.24, 2.45) is 0 Å². The minimum Gasteiger partial charge on any atom is -0.0622 e. The van der Waals surface area contributed by atoms with E-state index in [0.717, 1.165) is 0 Å². The molecular weight excluding hydrogens is 565 g/mol. The van der Waals surface area contributed by atoms with Crippen LogP contribution < -0.4 is 0 Å². The molecule has 0 saturated carbocycles. The van der Waals surface area contributed by atoms with Crippen LogP contribution in [0.15, 0.2) is 164 Å². The van der Waals surface area contributed by atoms with Gasteiger partial charge in [-0.15, -0.1) is 0 Å². The lowest BCUT2D eigenvalue weighted by Gasteiger charge is -2.35. The molecule has 47 heavy (non-hydrogen) atoms. The second kappa shape index (κ2) is 10.3. The predicted molar refractivity (Wildman–Crippen MR) is 195 cm³/mol. The van der Waals surface area contributed by atoms with Crippen LogP contribution in [-0.4, -0.2) is 0 Å². The molecule has 1 unspecified atom stereocenters. The lowest BCUT2D eigenvalue weighted by molar-refractivity contribution is 0.758. The van der Waals surface area contributed by atoms with Crippen molar-refractivity contribution in [3.05, 3.63) is 225 Å². The summed E-state index contributed by atoms with van der Waals surface area (Å²) in [4.78, 5) is 0. The van der Waals surface area contributed by atoms with Crippen LogP contribution in [0.5, 0.6) is 0 Å². The monoisotopic (exact) mass is 600 g/mol. The van der Waals surface area contributed by atoms with Crippen LogP contribution in [-0.2, 0) is 10.8 Å². The molecule has 0 amide bonds. The van der Waals surface area contributed by atoms with E-state index in [1.807, 2.05) is 0 Å². The molecule has 0 spiro atoms. The Labute approximate surface area is 278 Å². The van der Waals surface area contributed by atoms with Crippen molar-refractivity contribution in [2.45, 2.75) is 31.6 Å². The molecule has 9 rings (SSSR count). The van der Waals surface area contributed by atoms with Gasteiger partial charge in [-0.2, -0.15) is 0 Å². The van der Waals surface area contributed by atoms with Crippen LogP contribution in [0.4, 0.5) is 0 Å². The average molecular weight is 601 g/mol. The molecule has 0 nitrogen and oxygen atoms in total. The predicted octanol–water partition coefficient (Wildman–Crippen LogP) is 11.3. The molecule has 0 bridgehead atoms. The highest BCUT2D eigenvalue weighted by Gasteiger charge is 2.51. The highest BCUT2D eigenvalue weighted by Crippen LogP contribution is 2.62. The summed E-state index contributed by atoms with van der Waals surface area (Å²) >= 11 is 0. The highest BCUT2D eigenvalue weighted by atomic mass is 14.5. The van der Waals surface area contributed by atoms with E-state index in [1.165, 1.54) is 83.5 Å². The Kier molecular flexibility index (Phi) is 6.08. The summed E-state index contributed by atoms with van der Waals surface area (Å²) < 4.78 is 0. The lowest BCUT2D eigenvalue weighted by atomic mass is 9.65. The molecule has 7 aromatic carbocycles. The molecule has 0 saturated heterocycles. The minimum atomic E-state index is -0.448. The first-order valence-electron chi connectivity index (χ1n) is 16.7. The maximum absolute atomic E-state index is 2.56. The van der Waals surface area contributed by atoms with Crippen LogP contribution in [0.2, 0.25) is 0 Å². The van der Waals surface area contributed by atoms with E-state index in [1.54, 1.807) is 0 Å². The molecule has 0 N–H and O–H groups in total. The average Bonchev–Trinajstić information content (AvgIpc) is 3.55. The van der Waals surface area contributed by atoms with Gasteiger partial charge in [0.2, 0.25) is 0 Å². The van der Waals surface area contributed by atoms with Gasteiger partial charge >= 0.3 is 0 Å². The zero-order valence-corrected chi connectivity index (χ0v) is 27.1. The highest BCUT2D eigenvalue weighted by molar-refractivity contribution is 5.94. The van der Waals surface area contributed by atoms with Crippen molar-refractivity contribution < 1.29 is 0 Å². The zero-order valence-electron chi connectivity index (χ0n) is 27.1. The maximum atomic E-state index is 2.56. The van der Waals surface area contributed by atoms with Gasteiger partial charge in [0.1, 0.15) is 0 Å². The standard InChI is InChI=1S/C47H36/c1-31-19-23-37(24-20-31)47(36-17-11-6-12-18-36)43-28-33(3)22-26-39(43)41-29-44-40(30-45(41)47)38-25-21-32(2)27-42(38)46(44,34-13-7-4-8-14-34)35-15-9-5-10-16-35/h4-30H,1-3H3. The van der Waals surface area contributed by atoms with E-state index < -0.39 is 10.8 Å². The summed E-state index contributed by atoms with van der Waals surface area (Å²) in [5.74, 6) is 0. The van der Waals surface area contributed by atoms with Gasteiger partial charge in [-0.25, -0.2) is 0 Å². The summed E-state index contributed by atoms with van der Waals surface area (Å²) in [7, 11) is 0. The Bertz CT molecular complexity index is 2250. The Morgan fingerprint density at radius 3 is 0.979 bits per heavy atom. The number of benzene rings is 7. The third kappa shape index (κ3) is 3.76. The maximum Gasteiger partial charge on any atom is 0.0713 e. The molecule has 0 heteroatoms. The van der Waals surface area contributed by atoms with Gasteiger partial charge in [-0.05, 0) is 99.7 Å². The molecule has 224 valence electrons. The molecule has 0 radical (unpaired) electrons. The molecule has 0 aliphatic heterocycles. The summed E-state index contributed by atoms with van der Waals surface area (Å²) in [6, 6.07) is 62.0. The number of aryl methyl sites for hydroxylation is 3. The van der Waals surface area contributed by atoms with Crippen molar-refractivity contribution in [1.82, 2.24) is 0 Å². The van der Waals surface area contributed by atoms with Gasteiger partial charge in [-0.1, -0.05) is 168 Å². The second-order valence-electron chi connectivity index (χ2n) is 13.5. The number of hydrogen-bond acceptors (Lipinski definition) is 0. The first-order valence-corrected chi connectivity index (χ1v) is 16.7. The smallest absolute Gasteiger partial charge is 0.0622 e. The minimum absolute atomic E-state index is 0.443. The topological polar surface area (TPSA) is 0 Å². The van der Waals surface area contributed by atoms with E-state index in [0.29, 0.717) is 0 Å². The van der Waals surface area contributed by atoms with E-state index in [9.17, 15) is 0 Å². The van der Waals surface area contributed by atoms with E-state index in [-0.39, 0.29) is 0 Å². The van der Waals surface area contributed by atoms with Gasteiger partial charge in [0.25, 0.3) is 0 Å². The molecule has 1 atom stereocenters. The van der Waals surface area contributed by atoms with Crippen LogP contribution in [0.3, 0.4) is 0 Å². The van der Waals surface area contributed by atoms with E-state index in [2.05, 4.69) is 185 Å². The summed E-state index contributed by atoms with van der Waals surface area (Å²) in [6.07, 6.45) is 0.